The summed E-state index contributed by atoms with van der Waals surface area (Å²) in [6.07, 6.45) is 10.9. The highest BCUT2D eigenvalue weighted by Crippen LogP contribution is 2.55. The van der Waals surface area contributed by atoms with Crippen molar-refractivity contribution in [3.05, 3.63) is 35.4 Å². The van der Waals surface area contributed by atoms with Crippen LogP contribution in [-0.2, 0) is 12.0 Å². The fourth-order valence-corrected chi connectivity index (χ4v) is 5.89. The Morgan fingerprint density at radius 3 is 2.79 bits per heavy atom. The van der Waals surface area contributed by atoms with Crippen molar-refractivity contribution in [3.63, 3.8) is 0 Å². The molecule has 1 aromatic rings. The molecule has 3 atom stereocenters. The predicted molar refractivity (Wildman–Crippen MR) is 114 cm³/mol. The van der Waals surface area contributed by atoms with Crippen molar-refractivity contribution in [3.8, 4) is 11.5 Å². The molecule has 5 heteroatoms. The summed E-state index contributed by atoms with van der Waals surface area (Å²) in [5.74, 6) is 1.72. The first kappa shape index (κ1) is 19.4. The average molecular weight is 399 g/mol. The summed E-state index contributed by atoms with van der Waals surface area (Å²) in [5.41, 5.74) is 2.54. The minimum absolute atomic E-state index is 0.000787. The van der Waals surface area contributed by atoms with Gasteiger partial charge in [0.25, 0.3) is 0 Å². The summed E-state index contributed by atoms with van der Waals surface area (Å²) in [6, 6.07) is 4.28. The third kappa shape index (κ3) is 3.47. The Hall–Kier alpha value is -1.56. The van der Waals surface area contributed by atoms with Crippen LogP contribution < -0.4 is 9.47 Å². The van der Waals surface area contributed by atoms with Crippen molar-refractivity contribution < 1.29 is 14.6 Å². The van der Waals surface area contributed by atoms with Crippen LogP contribution in [0.3, 0.4) is 0 Å². The van der Waals surface area contributed by atoms with Gasteiger partial charge in [-0.1, -0.05) is 24.6 Å². The van der Waals surface area contributed by atoms with Crippen LogP contribution >= 0.6 is 0 Å². The van der Waals surface area contributed by atoms with Gasteiger partial charge in [-0.15, -0.1) is 0 Å². The third-order valence-corrected chi connectivity index (χ3v) is 7.43. The number of benzene rings is 1. The van der Waals surface area contributed by atoms with Gasteiger partial charge in [-0.05, 0) is 70.0 Å². The number of ether oxygens (including phenoxy) is 2. The zero-order valence-electron chi connectivity index (χ0n) is 17.6. The van der Waals surface area contributed by atoms with Gasteiger partial charge in [0.05, 0.1) is 18.6 Å². The Balaban J connectivity index is 1.37. The molecule has 29 heavy (non-hydrogen) atoms. The summed E-state index contributed by atoms with van der Waals surface area (Å²) < 4.78 is 12.0. The van der Waals surface area contributed by atoms with E-state index in [9.17, 15) is 5.11 Å². The third-order valence-electron chi connectivity index (χ3n) is 7.43. The highest BCUT2D eigenvalue weighted by molar-refractivity contribution is 5.60. The Morgan fingerprint density at radius 2 is 1.97 bits per heavy atom. The Labute approximate surface area is 174 Å². The van der Waals surface area contributed by atoms with Gasteiger partial charge in [0.2, 0.25) is 0 Å². The molecule has 3 heterocycles. The maximum atomic E-state index is 10.2. The molecule has 4 aliphatic rings. The van der Waals surface area contributed by atoms with Crippen LogP contribution in [0.15, 0.2) is 24.3 Å². The van der Waals surface area contributed by atoms with Crippen LogP contribution in [0.1, 0.15) is 49.7 Å². The summed E-state index contributed by atoms with van der Waals surface area (Å²) in [6.45, 7) is 6.96. The number of piperidine rings is 1. The van der Waals surface area contributed by atoms with Crippen LogP contribution in [0, 0.1) is 0 Å². The highest BCUT2D eigenvalue weighted by atomic mass is 16.5. The highest BCUT2D eigenvalue weighted by Gasteiger charge is 2.52. The quantitative estimate of drug-likeness (QED) is 0.773. The van der Waals surface area contributed by atoms with Crippen molar-refractivity contribution >= 4 is 0 Å². The summed E-state index contributed by atoms with van der Waals surface area (Å²) in [7, 11) is 1.71. The van der Waals surface area contributed by atoms with Gasteiger partial charge in [0.15, 0.2) is 11.5 Å². The molecule has 1 saturated heterocycles. The fourth-order valence-electron chi connectivity index (χ4n) is 5.89. The van der Waals surface area contributed by atoms with Crippen LogP contribution in [0.25, 0.3) is 0 Å². The van der Waals surface area contributed by atoms with Gasteiger partial charge in [0, 0.05) is 18.5 Å². The van der Waals surface area contributed by atoms with Crippen molar-refractivity contribution in [2.75, 3.05) is 39.8 Å². The van der Waals surface area contributed by atoms with Gasteiger partial charge < -0.3 is 19.5 Å². The number of nitrogens with zero attached hydrogens (tertiary/aromatic N) is 2. The van der Waals surface area contributed by atoms with E-state index in [1.807, 2.05) is 6.08 Å². The molecule has 1 aromatic carbocycles. The summed E-state index contributed by atoms with van der Waals surface area (Å²) >= 11 is 0. The topological polar surface area (TPSA) is 45.2 Å². The van der Waals surface area contributed by atoms with Crippen LogP contribution in [0.2, 0.25) is 0 Å². The van der Waals surface area contributed by atoms with Gasteiger partial charge in [-0.2, -0.15) is 0 Å². The lowest BCUT2D eigenvalue weighted by Crippen LogP contribution is -2.43. The standard InChI is InChI=1S/C24H34N2O3/c1-28-20-7-6-18-17-26(14-5-13-25-11-3-2-4-12-25)15-10-24-9-8-19(27)16-21(24)29-23(20)22(18)24/h6-9,19,21,27H,2-5,10-17H2,1H3/t19-,21-,24-/m1/s1. The van der Waals surface area contributed by atoms with Crippen molar-refractivity contribution in [2.45, 2.75) is 62.7 Å². The maximum absolute atomic E-state index is 10.2. The first-order chi connectivity index (χ1) is 14.2. The van der Waals surface area contributed by atoms with E-state index in [0.717, 1.165) is 37.6 Å². The Morgan fingerprint density at radius 1 is 1.14 bits per heavy atom. The average Bonchev–Trinajstić information content (AvgIpc) is 2.98. The van der Waals surface area contributed by atoms with Crippen molar-refractivity contribution in [2.24, 2.45) is 0 Å². The number of aliphatic hydroxyl groups is 1. The van der Waals surface area contributed by atoms with Crippen LogP contribution in [0.4, 0.5) is 0 Å². The maximum Gasteiger partial charge on any atom is 0.166 e. The zero-order valence-corrected chi connectivity index (χ0v) is 17.6. The monoisotopic (exact) mass is 398 g/mol. The van der Waals surface area contributed by atoms with Crippen molar-refractivity contribution in [1.82, 2.24) is 9.80 Å². The van der Waals surface area contributed by atoms with Gasteiger partial charge in [-0.3, -0.25) is 4.90 Å². The van der Waals surface area contributed by atoms with Crippen molar-refractivity contribution in [1.29, 1.82) is 0 Å². The predicted octanol–water partition coefficient (Wildman–Crippen LogP) is 3.10. The van der Waals surface area contributed by atoms with E-state index in [1.165, 1.54) is 56.4 Å². The minimum Gasteiger partial charge on any atom is -0.493 e. The molecule has 1 spiro atoms. The number of hydrogen-bond donors (Lipinski definition) is 1. The lowest BCUT2D eigenvalue weighted by Gasteiger charge is -2.36. The molecular weight excluding hydrogens is 364 g/mol. The van der Waals surface area contributed by atoms with Gasteiger partial charge in [-0.25, -0.2) is 0 Å². The number of rotatable bonds is 5. The molecule has 3 aliphatic heterocycles. The van der Waals surface area contributed by atoms with Gasteiger partial charge >= 0.3 is 0 Å². The summed E-state index contributed by atoms with van der Waals surface area (Å²) in [4.78, 5) is 5.26. The second kappa shape index (κ2) is 7.93. The molecule has 158 valence electrons. The molecule has 1 fully saturated rings. The van der Waals surface area contributed by atoms with E-state index in [-0.39, 0.29) is 11.5 Å². The summed E-state index contributed by atoms with van der Waals surface area (Å²) in [5, 5.41) is 10.2. The van der Waals surface area contributed by atoms with E-state index in [4.69, 9.17) is 9.47 Å². The molecular formula is C24H34N2O3. The SMILES string of the molecule is COc1ccc2c3c1O[C@@H]1C[C@H](O)C=C[C@]31CCN(CCCN1CCCCC1)C2. The first-order valence-corrected chi connectivity index (χ1v) is 11.4. The minimum atomic E-state index is -0.418. The Bertz CT molecular complexity index is 774. The second-order valence-corrected chi connectivity index (χ2v) is 9.22. The fraction of sp³-hybridized carbons (Fsp3) is 0.667. The molecule has 5 nitrogen and oxygen atoms in total. The van der Waals surface area contributed by atoms with E-state index >= 15 is 0 Å². The van der Waals surface area contributed by atoms with E-state index in [0.29, 0.717) is 6.42 Å². The normalized spacial score (nSPS) is 31.7. The van der Waals surface area contributed by atoms with E-state index < -0.39 is 6.10 Å². The lowest BCUT2D eigenvalue weighted by atomic mass is 9.69. The van der Waals surface area contributed by atoms with E-state index in [1.54, 1.807) is 7.11 Å². The van der Waals surface area contributed by atoms with E-state index in [2.05, 4.69) is 28.0 Å². The smallest absolute Gasteiger partial charge is 0.166 e. The molecule has 0 radical (unpaired) electrons. The molecule has 0 bridgehead atoms. The number of likely N-dealkylation sites (tertiary alicyclic amines) is 1. The van der Waals surface area contributed by atoms with Crippen LogP contribution in [-0.4, -0.2) is 66.9 Å². The molecule has 1 N–H and O–H groups in total. The lowest BCUT2D eigenvalue weighted by molar-refractivity contribution is 0.0807. The van der Waals surface area contributed by atoms with Gasteiger partial charge in [0.1, 0.15) is 6.10 Å². The molecule has 0 saturated carbocycles. The molecule has 0 amide bonds. The zero-order chi connectivity index (χ0) is 19.8. The largest absolute Gasteiger partial charge is 0.493 e. The number of methoxy groups -OCH3 is 1. The second-order valence-electron chi connectivity index (χ2n) is 9.22. The molecule has 5 rings (SSSR count). The molecule has 1 aliphatic carbocycles. The number of hydrogen-bond acceptors (Lipinski definition) is 5. The Kier molecular flexibility index (Phi) is 5.31. The molecule has 0 aromatic heterocycles. The first-order valence-electron chi connectivity index (χ1n) is 11.4. The molecule has 0 unspecified atom stereocenters. The number of aliphatic hydroxyl groups excluding tert-OH is 1. The van der Waals surface area contributed by atoms with Crippen LogP contribution in [0.5, 0.6) is 11.5 Å².